The van der Waals surface area contributed by atoms with E-state index in [1.165, 1.54) is 0 Å². The van der Waals surface area contributed by atoms with Crippen LogP contribution in [0, 0.1) is 0 Å². The van der Waals surface area contributed by atoms with Crippen LogP contribution in [0.5, 0.6) is 11.5 Å². The van der Waals surface area contributed by atoms with Gasteiger partial charge in [-0.2, -0.15) is 0 Å². The van der Waals surface area contributed by atoms with E-state index in [9.17, 15) is 4.79 Å². The lowest BCUT2D eigenvalue weighted by molar-refractivity contribution is -0.116. The lowest BCUT2D eigenvalue weighted by Gasteiger charge is -2.19. The van der Waals surface area contributed by atoms with Gasteiger partial charge in [-0.15, -0.1) is 0 Å². The Morgan fingerprint density at radius 1 is 1.12 bits per heavy atom. The monoisotopic (exact) mass is 400 g/mol. The van der Waals surface area contributed by atoms with Gasteiger partial charge in [0.25, 0.3) is 0 Å². The number of aryl methyl sites for hydroxylation is 1. The van der Waals surface area contributed by atoms with E-state index in [-0.39, 0.29) is 5.91 Å². The lowest BCUT2D eigenvalue weighted by Crippen LogP contribution is -2.17. The number of rotatable bonds is 4. The molecule has 0 saturated heterocycles. The fourth-order valence-electron chi connectivity index (χ4n) is 2.95. The number of nitrogens with one attached hydrogen (secondary N) is 1. The molecule has 5 nitrogen and oxygen atoms in total. The molecule has 6 heteroatoms. The third kappa shape index (κ3) is 3.35. The van der Waals surface area contributed by atoms with Crippen molar-refractivity contribution in [1.82, 2.24) is 4.57 Å². The molecule has 25 heavy (non-hydrogen) atoms. The first-order valence-corrected chi connectivity index (χ1v) is 8.93. The van der Waals surface area contributed by atoms with Crippen LogP contribution in [0.3, 0.4) is 0 Å². The molecular formula is C19H17BrN2O3. The summed E-state index contributed by atoms with van der Waals surface area (Å²) in [5, 5.41) is 4.06. The summed E-state index contributed by atoms with van der Waals surface area (Å²) < 4.78 is 14.2. The maximum atomic E-state index is 12.3. The number of ether oxygens (including phenoxy) is 2. The smallest absolute Gasteiger partial charge is 0.226 e. The number of nitrogens with zero attached hydrogens (tertiary/aromatic N) is 1. The Hall–Kier alpha value is -2.47. The highest BCUT2D eigenvalue weighted by atomic mass is 79.9. The summed E-state index contributed by atoms with van der Waals surface area (Å²) in [4.78, 5) is 12.3. The third-order valence-electron chi connectivity index (χ3n) is 4.17. The van der Waals surface area contributed by atoms with Crippen LogP contribution >= 0.6 is 15.9 Å². The largest absolute Gasteiger partial charge is 0.486 e. The average molecular weight is 401 g/mol. The predicted molar refractivity (Wildman–Crippen MR) is 100 cm³/mol. The second kappa shape index (κ2) is 6.80. The molecule has 0 atom stereocenters. The predicted octanol–water partition coefficient (Wildman–Crippen LogP) is 4.20. The van der Waals surface area contributed by atoms with Crippen LogP contribution < -0.4 is 14.8 Å². The Morgan fingerprint density at radius 3 is 2.84 bits per heavy atom. The third-order valence-corrected chi connectivity index (χ3v) is 4.86. The van der Waals surface area contributed by atoms with Crippen molar-refractivity contribution in [2.24, 2.45) is 0 Å². The Bertz CT molecular complexity index is 936. The Labute approximate surface area is 153 Å². The van der Waals surface area contributed by atoms with E-state index >= 15 is 0 Å². The lowest BCUT2D eigenvalue weighted by atomic mass is 10.2. The van der Waals surface area contributed by atoms with Crippen molar-refractivity contribution in [1.29, 1.82) is 0 Å². The first kappa shape index (κ1) is 16.0. The number of amides is 1. The summed E-state index contributed by atoms with van der Waals surface area (Å²) in [6.07, 6.45) is 2.40. The number of anilines is 1. The van der Waals surface area contributed by atoms with Crippen LogP contribution in [0.4, 0.5) is 5.69 Å². The molecule has 0 radical (unpaired) electrons. The molecule has 0 fully saturated rings. The molecule has 0 bridgehead atoms. The molecule has 128 valence electrons. The summed E-state index contributed by atoms with van der Waals surface area (Å²) in [5.41, 5.74) is 1.83. The van der Waals surface area contributed by atoms with Gasteiger partial charge in [0.05, 0.1) is 0 Å². The molecule has 0 aliphatic carbocycles. The van der Waals surface area contributed by atoms with E-state index < -0.39 is 0 Å². The molecule has 1 aromatic heterocycles. The van der Waals surface area contributed by atoms with Crippen molar-refractivity contribution in [2.45, 2.75) is 13.0 Å². The van der Waals surface area contributed by atoms with Gasteiger partial charge in [-0.25, -0.2) is 0 Å². The van der Waals surface area contributed by atoms with Gasteiger partial charge in [0, 0.05) is 46.3 Å². The Kier molecular flexibility index (Phi) is 4.36. The van der Waals surface area contributed by atoms with Gasteiger partial charge in [-0.05, 0) is 30.3 Å². The topological polar surface area (TPSA) is 52.5 Å². The highest BCUT2D eigenvalue weighted by molar-refractivity contribution is 9.10. The minimum absolute atomic E-state index is 0.0338. The van der Waals surface area contributed by atoms with E-state index in [0.717, 1.165) is 15.4 Å². The zero-order valence-corrected chi connectivity index (χ0v) is 15.1. The molecular weight excluding hydrogens is 384 g/mol. The van der Waals surface area contributed by atoms with Gasteiger partial charge in [-0.3, -0.25) is 4.79 Å². The maximum Gasteiger partial charge on any atom is 0.226 e. The van der Waals surface area contributed by atoms with Crippen LogP contribution in [0.1, 0.15) is 6.42 Å². The van der Waals surface area contributed by atoms with Crippen LogP contribution in [0.25, 0.3) is 10.9 Å². The van der Waals surface area contributed by atoms with Crippen molar-refractivity contribution in [2.75, 3.05) is 18.5 Å². The summed E-state index contributed by atoms with van der Waals surface area (Å²) in [5.74, 6) is 1.35. The van der Waals surface area contributed by atoms with Crippen LogP contribution in [0.2, 0.25) is 0 Å². The average Bonchev–Trinajstić information content (AvgIpc) is 3.04. The summed E-state index contributed by atoms with van der Waals surface area (Å²) in [7, 11) is 0. The first-order valence-electron chi connectivity index (χ1n) is 8.13. The zero-order valence-electron chi connectivity index (χ0n) is 13.5. The number of carbonyl (C=O) groups excluding carboxylic acids is 1. The Morgan fingerprint density at radius 2 is 1.96 bits per heavy atom. The van der Waals surface area contributed by atoms with Gasteiger partial charge in [0.2, 0.25) is 5.91 Å². The number of fused-ring (bicyclic) bond motifs is 2. The first-order chi connectivity index (χ1) is 12.2. The number of carbonyl (C=O) groups is 1. The standard InChI is InChI=1S/C19H17BrN2O3/c20-15-2-1-3-16-14(15)6-8-22(16)9-7-19(23)21-13-4-5-17-18(12-13)25-11-10-24-17/h1-6,8,12H,7,9-11H2,(H,21,23). The van der Waals surface area contributed by atoms with Gasteiger partial charge in [0.15, 0.2) is 11.5 Å². The number of aromatic nitrogens is 1. The second-order valence-electron chi connectivity index (χ2n) is 5.84. The van der Waals surface area contributed by atoms with Gasteiger partial charge < -0.3 is 19.4 Å². The SMILES string of the molecule is O=C(CCn1ccc2c(Br)cccc21)Nc1ccc2c(c1)OCCO2. The van der Waals surface area contributed by atoms with Crippen molar-refractivity contribution in [3.8, 4) is 11.5 Å². The van der Waals surface area contributed by atoms with E-state index in [2.05, 4.69) is 37.9 Å². The van der Waals surface area contributed by atoms with Crippen molar-refractivity contribution >= 4 is 38.4 Å². The Balaban J connectivity index is 1.41. The van der Waals surface area contributed by atoms with E-state index in [1.807, 2.05) is 30.5 Å². The molecule has 1 aliphatic rings. The van der Waals surface area contributed by atoms with Crippen LogP contribution in [-0.4, -0.2) is 23.7 Å². The number of halogens is 1. The van der Waals surface area contributed by atoms with Gasteiger partial charge in [0.1, 0.15) is 13.2 Å². The molecule has 2 aromatic carbocycles. The summed E-state index contributed by atoms with van der Waals surface area (Å²) >= 11 is 3.55. The molecule has 3 aromatic rings. The molecule has 0 saturated carbocycles. The molecule has 1 N–H and O–H groups in total. The van der Waals surface area contributed by atoms with Crippen molar-refractivity contribution < 1.29 is 14.3 Å². The fourth-order valence-corrected chi connectivity index (χ4v) is 3.44. The van der Waals surface area contributed by atoms with Crippen LogP contribution in [-0.2, 0) is 11.3 Å². The van der Waals surface area contributed by atoms with E-state index in [0.29, 0.717) is 43.4 Å². The van der Waals surface area contributed by atoms with E-state index in [1.54, 1.807) is 6.07 Å². The molecule has 0 spiro atoms. The minimum atomic E-state index is -0.0338. The second-order valence-corrected chi connectivity index (χ2v) is 6.69. The zero-order chi connectivity index (χ0) is 17.2. The number of hydrogen-bond donors (Lipinski definition) is 1. The summed E-state index contributed by atoms with van der Waals surface area (Å²) in [6, 6.07) is 13.6. The van der Waals surface area contributed by atoms with E-state index in [4.69, 9.17) is 9.47 Å². The number of hydrogen-bond acceptors (Lipinski definition) is 3. The highest BCUT2D eigenvalue weighted by Crippen LogP contribution is 2.32. The number of benzene rings is 2. The molecule has 2 heterocycles. The van der Waals surface area contributed by atoms with Gasteiger partial charge >= 0.3 is 0 Å². The molecule has 1 amide bonds. The molecule has 1 aliphatic heterocycles. The summed E-state index contributed by atoms with van der Waals surface area (Å²) in [6.45, 7) is 1.71. The maximum absolute atomic E-state index is 12.3. The van der Waals surface area contributed by atoms with Crippen molar-refractivity contribution in [3.05, 3.63) is 53.1 Å². The van der Waals surface area contributed by atoms with Gasteiger partial charge in [-0.1, -0.05) is 22.0 Å². The minimum Gasteiger partial charge on any atom is -0.486 e. The molecule has 0 unspecified atom stereocenters. The van der Waals surface area contributed by atoms with Crippen molar-refractivity contribution in [3.63, 3.8) is 0 Å². The quantitative estimate of drug-likeness (QED) is 0.713. The molecule has 4 rings (SSSR count). The van der Waals surface area contributed by atoms with Crippen LogP contribution in [0.15, 0.2) is 53.1 Å². The highest BCUT2D eigenvalue weighted by Gasteiger charge is 2.13. The normalized spacial score (nSPS) is 13.0. The fraction of sp³-hybridized carbons (Fsp3) is 0.211.